The number of hydrogen-bond acceptors (Lipinski definition) is 4. The van der Waals surface area contributed by atoms with Crippen LogP contribution in [0.25, 0.3) is 10.6 Å². The summed E-state index contributed by atoms with van der Waals surface area (Å²) in [4.78, 5) is 15.9. The topological polar surface area (TPSA) is 76.2 Å². The summed E-state index contributed by atoms with van der Waals surface area (Å²) in [6, 6.07) is 6.66. The summed E-state index contributed by atoms with van der Waals surface area (Å²) in [5, 5.41) is 9.71. The Morgan fingerprint density at radius 3 is 2.78 bits per heavy atom. The first-order valence-corrected chi connectivity index (χ1v) is 6.82. The van der Waals surface area contributed by atoms with Gasteiger partial charge in [-0.1, -0.05) is 34.1 Å². The summed E-state index contributed by atoms with van der Waals surface area (Å²) in [6.07, 6.45) is 0. The summed E-state index contributed by atoms with van der Waals surface area (Å²) < 4.78 is 0.925. The van der Waals surface area contributed by atoms with Crippen LogP contribution in [-0.2, 0) is 4.79 Å². The number of carbonyl (C=O) groups is 1. The van der Waals surface area contributed by atoms with Crippen molar-refractivity contribution in [2.24, 2.45) is 5.73 Å². The number of carboxylic acid groups (broad SMARTS) is 1. The minimum atomic E-state index is -1.04. The van der Waals surface area contributed by atoms with Crippen molar-refractivity contribution < 1.29 is 9.90 Å². The lowest BCUT2D eigenvalue weighted by Gasteiger charge is -2.02. The molecule has 2 aromatic rings. The lowest BCUT2D eigenvalue weighted by molar-refractivity contribution is -0.138. The maximum absolute atomic E-state index is 10.9. The van der Waals surface area contributed by atoms with Gasteiger partial charge >= 0.3 is 5.97 Å². The number of carboxylic acids is 1. The Bertz CT molecular complexity index is 598. The van der Waals surface area contributed by atoms with E-state index < -0.39 is 12.0 Å². The molecule has 18 heavy (non-hydrogen) atoms. The Morgan fingerprint density at radius 2 is 2.17 bits per heavy atom. The van der Waals surface area contributed by atoms with Crippen molar-refractivity contribution in [1.29, 1.82) is 0 Å². The third-order valence-electron chi connectivity index (χ3n) is 2.49. The number of aryl methyl sites for hydroxylation is 1. The third-order valence-corrected chi connectivity index (χ3v) is 4.45. The van der Waals surface area contributed by atoms with E-state index in [0.717, 1.165) is 15.0 Å². The molecule has 4 nitrogen and oxygen atoms in total. The predicted octanol–water partition coefficient (Wildman–Crippen LogP) is 2.97. The summed E-state index contributed by atoms with van der Waals surface area (Å²) in [7, 11) is 0. The molecule has 0 fully saturated rings. The van der Waals surface area contributed by atoms with Gasteiger partial charge in [-0.2, -0.15) is 0 Å². The van der Waals surface area contributed by atoms with E-state index in [9.17, 15) is 4.79 Å². The van der Waals surface area contributed by atoms with Gasteiger partial charge in [0.15, 0.2) is 0 Å². The summed E-state index contributed by atoms with van der Waals surface area (Å²) in [6.45, 7) is 1.77. The SMILES string of the molecule is Cc1nc(-c2ccccc2Br)sc1C(N)C(=O)O. The van der Waals surface area contributed by atoms with Gasteiger partial charge in [0, 0.05) is 10.0 Å². The molecule has 0 amide bonds. The van der Waals surface area contributed by atoms with Crippen LogP contribution in [0.1, 0.15) is 16.6 Å². The zero-order valence-corrected chi connectivity index (χ0v) is 12.0. The quantitative estimate of drug-likeness (QED) is 0.909. The fourth-order valence-corrected chi connectivity index (χ4v) is 3.26. The average Bonchev–Trinajstić information content (AvgIpc) is 2.70. The molecule has 3 N–H and O–H groups in total. The summed E-state index contributed by atoms with van der Waals surface area (Å²) in [5.74, 6) is -1.04. The first kappa shape index (κ1) is 13.2. The van der Waals surface area contributed by atoms with Gasteiger partial charge in [0.05, 0.1) is 10.6 Å². The monoisotopic (exact) mass is 326 g/mol. The summed E-state index contributed by atoms with van der Waals surface area (Å²) in [5.41, 5.74) is 7.23. The molecule has 6 heteroatoms. The molecule has 0 aliphatic rings. The highest BCUT2D eigenvalue weighted by molar-refractivity contribution is 9.10. The molecule has 0 saturated heterocycles. The van der Waals surface area contributed by atoms with Gasteiger partial charge in [0.1, 0.15) is 11.0 Å². The normalized spacial score (nSPS) is 12.4. The zero-order valence-electron chi connectivity index (χ0n) is 9.55. The Morgan fingerprint density at radius 1 is 1.50 bits per heavy atom. The van der Waals surface area contributed by atoms with Gasteiger partial charge in [-0.25, -0.2) is 4.98 Å². The van der Waals surface area contributed by atoms with Crippen LogP contribution < -0.4 is 5.73 Å². The van der Waals surface area contributed by atoms with Crippen molar-refractivity contribution in [3.8, 4) is 10.6 Å². The Labute approximate surface area is 117 Å². The first-order valence-electron chi connectivity index (χ1n) is 5.21. The molecule has 0 aliphatic heterocycles. The number of hydrogen-bond donors (Lipinski definition) is 2. The van der Waals surface area contributed by atoms with Crippen molar-refractivity contribution in [2.45, 2.75) is 13.0 Å². The van der Waals surface area contributed by atoms with E-state index in [1.165, 1.54) is 11.3 Å². The van der Waals surface area contributed by atoms with Crippen molar-refractivity contribution in [2.75, 3.05) is 0 Å². The number of aromatic nitrogens is 1. The maximum Gasteiger partial charge on any atom is 0.326 e. The van der Waals surface area contributed by atoms with Gasteiger partial charge in [-0.15, -0.1) is 11.3 Å². The number of rotatable bonds is 3. The van der Waals surface area contributed by atoms with Crippen molar-refractivity contribution >= 4 is 33.2 Å². The van der Waals surface area contributed by atoms with Gasteiger partial charge < -0.3 is 10.8 Å². The van der Waals surface area contributed by atoms with E-state index in [1.54, 1.807) is 6.92 Å². The van der Waals surface area contributed by atoms with E-state index in [-0.39, 0.29) is 0 Å². The van der Waals surface area contributed by atoms with Crippen LogP contribution in [0.4, 0.5) is 0 Å². The molecule has 1 unspecified atom stereocenters. The van der Waals surface area contributed by atoms with E-state index in [0.29, 0.717) is 10.6 Å². The van der Waals surface area contributed by atoms with Gasteiger partial charge in [0.25, 0.3) is 0 Å². The van der Waals surface area contributed by atoms with Crippen molar-refractivity contribution in [1.82, 2.24) is 4.98 Å². The third kappa shape index (κ3) is 2.45. The molecule has 0 saturated carbocycles. The van der Waals surface area contributed by atoms with Gasteiger partial charge in [-0.05, 0) is 13.0 Å². The lowest BCUT2D eigenvalue weighted by atomic mass is 10.2. The molecule has 1 heterocycles. The zero-order chi connectivity index (χ0) is 13.3. The van der Waals surface area contributed by atoms with Gasteiger partial charge in [0.2, 0.25) is 0 Å². The molecule has 94 valence electrons. The second-order valence-electron chi connectivity index (χ2n) is 3.76. The standard InChI is InChI=1S/C12H11BrN2O2S/c1-6-10(9(14)12(16)17)18-11(15-6)7-4-2-3-5-8(7)13/h2-5,9H,14H2,1H3,(H,16,17). The number of halogens is 1. The summed E-state index contributed by atoms with van der Waals surface area (Å²) >= 11 is 4.77. The lowest BCUT2D eigenvalue weighted by Crippen LogP contribution is -2.20. The fourth-order valence-electron chi connectivity index (χ4n) is 1.56. The van der Waals surface area contributed by atoms with E-state index in [1.807, 2.05) is 24.3 Å². The van der Waals surface area contributed by atoms with Crippen LogP contribution in [-0.4, -0.2) is 16.1 Å². The van der Waals surface area contributed by atoms with E-state index >= 15 is 0 Å². The van der Waals surface area contributed by atoms with Gasteiger partial charge in [-0.3, -0.25) is 4.79 Å². The number of aliphatic carboxylic acids is 1. The Balaban J connectivity index is 2.47. The molecular formula is C12H11BrN2O2S. The number of nitrogens with two attached hydrogens (primary N) is 1. The highest BCUT2D eigenvalue weighted by Crippen LogP contribution is 2.34. The maximum atomic E-state index is 10.9. The second-order valence-corrected chi connectivity index (χ2v) is 5.65. The minimum Gasteiger partial charge on any atom is -0.480 e. The van der Waals surface area contributed by atoms with Crippen LogP contribution >= 0.6 is 27.3 Å². The molecule has 0 aliphatic carbocycles. The Kier molecular flexibility index (Phi) is 3.79. The molecule has 1 atom stereocenters. The molecule has 1 aromatic carbocycles. The molecule has 1 aromatic heterocycles. The van der Waals surface area contributed by atoms with Crippen LogP contribution in [0.3, 0.4) is 0 Å². The molecule has 0 bridgehead atoms. The predicted molar refractivity (Wildman–Crippen MR) is 74.6 cm³/mol. The number of nitrogens with zero attached hydrogens (tertiary/aromatic N) is 1. The molecule has 2 rings (SSSR count). The van der Waals surface area contributed by atoms with E-state index in [2.05, 4.69) is 20.9 Å². The second kappa shape index (κ2) is 5.17. The highest BCUT2D eigenvalue weighted by Gasteiger charge is 2.21. The smallest absolute Gasteiger partial charge is 0.326 e. The molecule has 0 radical (unpaired) electrons. The first-order chi connectivity index (χ1) is 8.50. The van der Waals surface area contributed by atoms with Crippen molar-refractivity contribution in [3.63, 3.8) is 0 Å². The highest BCUT2D eigenvalue weighted by atomic mass is 79.9. The number of thiazole rings is 1. The average molecular weight is 327 g/mol. The number of benzene rings is 1. The minimum absolute atomic E-state index is 0.591. The van der Waals surface area contributed by atoms with E-state index in [4.69, 9.17) is 10.8 Å². The fraction of sp³-hybridized carbons (Fsp3) is 0.167. The molecular weight excluding hydrogens is 316 g/mol. The van der Waals surface area contributed by atoms with Crippen LogP contribution in [0.2, 0.25) is 0 Å². The van der Waals surface area contributed by atoms with Crippen molar-refractivity contribution in [3.05, 3.63) is 39.3 Å². The Hall–Kier alpha value is -1.24. The van der Waals surface area contributed by atoms with Crippen LogP contribution in [0, 0.1) is 6.92 Å². The van der Waals surface area contributed by atoms with Crippen LogP contribution in [0.15, 0.2) is 28.7 Å². The van der Waals surface area contributed by atoms with Crippen LogP contribution in [0.5, 0.6) is 0 Å². The largest absolute Gasteiger partial charge is 0.480 e. The molecule has 0 spiro atoms.